The van der Waals surface area contributed by atoms with Crippen molar-refractivity contribution in [3.63, 3.8) is 0 Å². The van der Waals surface area contributed by atoms with Gasteiger partial charge in [-0.25, -0.2) is 0 Å². The Morgan fingerprint density at radius 1 is 1.10 bits per heavy atom. The van der Waals surface area contributed by atoms with Crippen LogP contribution in [0.5, 0.6) is 0 Å². The standard InChI is InChI=1S/C16H27N5/c1-5-13(6-2)20-10-9-12(18-20)11-21-15(8-4)16(17)14(7-3)19-21/h9-10,13H,5-8,11,17H2,1-4H3. The number of aryl methyl sites for hydroxylation is 1. The Bertz CT molecular complexity index is 578. The molecule has 116 valence electrons. The molecule has 5 heteroatoms. The normalized spacial score (nSPS) is 11.5. The zero-order valence-corrected chi connectivity index (χ0v) is 13.6. The minimum absolute atomic E-state index is 0.485. The van der Waals surface area contributed by atoms with Gasteiger partial charge in [-0.3, -0.25) is 9.36 Å². The summed E-state index contributed by atoms with van der Waals surface area (Å²) in [6, 6.07) is 2.57. The number of nitrogens with zero attached hydrogens (tertiary/aromatic N) is 4. The molecule has 0 radical (unpaired) electrons. The van der Waals surface area contributed by atoms with Crippen LogP contribution in [-0.2, 0) is 19.4 Å². The van der Waals surface area contributed by atoms with Crippen LogP contribution in [0.1, 0.15) is 63.7 Å². The Morgan fingerprint density at radius 2 is 1.81 bits per heavy atom. The van der Waals surface area contributed by atoms with E-state index in [2.05, 4.69) is 49.7 Å². The molecule has 2 aromatic heterocycles. The van der Waals surface area contributed by atoms with Crippen molar-refractivity contribution in [3.8, 4) is 0 Å². The van der Waals surface area contributed by atoms with Crippen molar-refractivity contribution in [2.24, 2.45) is 0 Å². The van der Waals surface area contributed by atoms with Crippen molar-refractivity contribution in [1.29, 1.82) is 0 Å². The fraction of sp³-hybridized carbons (Fsp3) is 0.625. The van der Waals surface area contributed by atoms with Gasteiger partial charge in [-0.1, -0.05) is 27.7 Å². The topological polar surface area (TPSA) is 61.7 Å². The Morgan fingerprint density at radius 3 is 2.38 bits per heavy atom. The fourth-order valence-corrected chi connectivity index (χ4v) is 2.81. The molecule has 0 bridgehead atoms. The van der Waals surface area contributed by atoms with Gasteiger partial charge in [0.15, 0.2) is 0 Å². The summed E-state index contributed by atoms with van der Waals surface area (Å²) in [6.45, 7) is 9.30. The smallest absolute Gasteiger partial charge is 0.0854 e. The van der Waals surface area contributed by atoms with E-state index in [1.165, 1.54) is 0 Å². The molecule has 2 heterocycles. The first kappa shape index (κ1) is 15.6. The van der Waals surface area contributed by atoms with Crippen molar-refractivity contribution in [2.45, 2.75) is 66.0 Å². The van der Waals surface area contributed by atoms with E-state index in [0.29, 0.717) is 12.6 Å². The Kier molecular flexibility index (Phi) is 5.04. The first-order valence-electron chi connectivity index (χ1n) is 8.02. The van der Waals surface area contributed by atoms with Crippen LogP contribution in [0.4, 0.5) is 5.69 Å². The summed E-state index contributed by atoms with van der Waals surface area (Å²) in [5, 5.41) is 9.33. The zero-order chi connectivity index (χ0) is 15.4. The van der Waals surface area contributed by atoms with E-state index in [0.717, 1.165) is 48.5 Å². The second kappa shape index (κ2) is 6.78. The molecule has 0 saturated carbocycles. The summed E-state index contributed by atoms with van der Waals surface area (Å²) in [7, 11) is 0. The molecule has 0 unspecified atom stereocenters. The molecule has 0 aliphatic rings. The van der Waals surface area contributed by atoms with Gasteiger partial charge in [-0.05, 0) is 31.7 Å². The highest BCUT2D eigenvalue weighted by atomic mass is 15.3. The van der Waals surface area contributed by atoms with Gasteiger partial charge in [0, 0.05) is 6.20 Å². The highest BCUT2D eigenvalue weighted by Gasteiger charge is 2.14. The van der Waals surface area contributed by atoms with Crippen LogP contribution >= 0.6 is 0 Å². The summed E-state index contributed by atoms with van der Waals surface area (Å²) >= 11 is 0. The zero-order valence-electron chi connectivity index (χ0n) is 13.6. The lowest BCUT2D eigenvalue weighted by Gasteiger charge is -2.12. The van der Waals surface area contributed by atoms with E-state index in [9.17, 15) is 0 Å². The molecule has 0 saturated heterocycles. The number of hydrogen-bond donors (Lipinski definition) is 1. The maximum absolute atomic E-state index is 6.17. The molecule has 2 N–H and O–H groups in total. The monoisotopic (exact) mass is 289 g/mol. The van der Waals surface area contributed by atoms with Crippen LogP contribution in [0.25, 0.3) is 0 Å². The van der Waals surface area contributed by atoms with E-state index in [1.54, 1.807) is 0 Å². The van der Waals surface area contributed by atoms with Crippen LogP contribution in [-0.4, -0.2) is 19.6 Å². The second-order valence-corrected chi connectivity index (χ2v) is 5.43. The third kappa shape index (κ3) is 3.12. The predicted octanol–water partition coefficient (Wildman–Crippen LogP) is 3.20. The minimum Gasteiger partial charge on any atom is -0.396 e. The van der Waals surface area contributed by atoms with Crippen molar-refractivity contribution >= 4 is 5.69 Å². The first-order chi connectivity index (χ1) is 10.1. The van der Waals surface area contributed by atoms with E-state index >= 15 is 0 Å². The summed E-state index contributed by atoms with van der Waals surface area (Å²) in [6.07, 6.45) is 6.05. The maximum Gasteiger partial charge on any atom is 0.0854 e. The van der Waals surface area contributed by atoms with Crippen LogP contribution < -0.4 is 5.73 Å². The molecular weight excluding hydrogens is 262 g/mol. The molecule has 0 atom stereocenters. The molecule has 0 spiro atoms. The SMILES string of the molecule is CCc1nn(Cc2ccn(C(CC)CC)n2)c(CC)c1N. The molecular formula is C16H27N5. The minimum atomic E-state index is 0.485. The average Bonchev–Trinajstić information content (AvgIpc) is 3.05. The lowest BCUT2D eigenvalue weighted by atomic mass is 10.2. The number of nitrogen functional groups attached to an aromatic ring is 1. The number of aromatic nitrogens is 4. The van der Waals surface area contributed by atoms with Crippen LogP contribution in [0.2, 0.25) is 0 Å². The highest BCUT2D eigenvalue weighted by molar-refractivity contribution is 5.48. The molecule has 0 aliphatic heterocycles. The van der Waals surface area contributed by atoms with E-state index < -0.39 is 0 Å². The van der Waals surface area contributed by atoms with Gasteiger partial charge in [0.05, 0.1) is 35.4 Å². The number of rotatable bonds is 7. The second-order valence-electron chi connectivity index (χ2n) is 5.43. The van der Waals surface area contributed by atoms with Gasteiger partial charge in [0.1, 0.15) is 0 Å². The largest absolute Gasteiger partial charge is 0.396 e. The average molecular weight is 289 g/mol. The number of hydrogen-bond acceptors (Lipinski definition) is 3. The molecule has 5 nitrogen and oxygen atoms in total. The molecule has 0 aromatic carbocycles. The van der Waals surface area contributed by atoms with Crippen LogP contribution in [0.15, 0.2) is 12.3 Å². The Labute approximate surface area is 127 Å². The van der Waals surface area contributed by atoms with Crippen molar-refractivity contribution in [3.05, 3.63) is 29.3 Å². The van der Waals surface area contributed by atoms with Gasteiger partial charge < -0.3 is 5.73 Å². The molecule has 2 aromatic rings. The third-order valence-electron chi connectivity index (χ3n) is 4.14. The van der Waals surface area contributed by atoms with Crippen LogP contribution in [0, 0.1) is 0 Å². The first-order valence-corrected chi connectivity index (χ1v) is 8.02. The third-order valence-corrected chi connectivity index (χ3v) is 4.14. The van der Waals surface area contributed by atoms with Gasteiger partial charge in [0.2, 0.25) is 0 Å². The van der Waals surface area contributed by atoms with Crippen molar-refractivity contribution in [1.82, 2.24) is 19.6 Å². The van der Waals surface area contributed by atoms with Crippen LogP contribution in [0.3, 0.4) is 0 Å². The lowest BCUT2D eigenvalue weighted by Crippen LogP contribution is -2.10. The predicted molar refractivity (Wildman–Crippen MR) is 86.3 cm³/mol. The summed E-state index contributed by atoms with van der Waals surface area (Å²) in [5.41, 5.74) is 10.2. The summed E-state index contributed by atoms with van der Waals surface area (Å²) < 4.78 is 4.09. The number of nitrogens with two attached hydrogens (primary N) is 1. The summed E-state index contributed by atoms with van der Waals surface area (Å²) in [4.78, 5) is 0. The maximum atomic E-state index is 6.17. The van der Waals surface area contributed by atoms with E-state index in [4.69, 9.17) is 10.8 Å². The Hall–Kier alpha value is -1.78. The molecule has 0 aliphatic carbocycles. The van der Waals surface area contributed by atoms with Gasteiger partial charge in [0.25, 0.3) is 0 Å². The number of anilines is 1. The van der Waals surface area contributed by atoms with Crippen molar-refractivity contribution in [2.75, 3.05) is 5.73 Å². The van der Waals surface area contributed by atoms with Gasteiger partial charge >= 0.3 is 0 Å². The van der Waals surface area contributed by atoms with E-state index in [1.807, 2.05) is 4.68 Å². The molecule has 0 fully saturated rings. The van der Waals surface area contributed by atoms with Gasteiger partial charge in [-0.15, -0.1) is 0 Å². The fourth-order valence-electron chi connectivity index (χ4n) is 2.81. The van der Waals surface area contributed by atoms with Gasteiger partial charge in [-0.2, -0.15) is 10.2 Å². The highest BCUT2D eigenvalue weighted by Crippen LogP contribution is 2.20. The molecule has 0 amide bonds. The van der Waals surface area contributed by atoms with Crippen molar-refractivity contribution < 1.29 is 0 Å². The molecule has 2 rings (SSSR count). The quantitative estimate of drug-likeness (QED) is 0.851. The lowest BCUT2D eigenvalue weighted by molar-refractivity contribution is 0.423. The van der Waals surface area contributed by atoms with E-state index in [-0.39, 0.29) is 0 Å². The Balaban J connectivity index is 2.22. The molecule has 21 heavy (non-hydrogen) atoms. The summed E-state index contributed by atoms with van der Waals surface area (Å²) in [5.74, 6) is 0.